The van der Waals surface area contributed by atoms with Crippen molar-refractivity contribution < 1.29 is 18.8 Å². The van der Waals surface area contributed by atoms with Gasteiger partial charge < -0.3 is 10.2 Å². The summed E-state index contributed by atoms with van der Waals surface area (Å²) in [6.07, 6.45) is 2.41. The number of likely N-dealkylation sites (tertiary alicyclic amines) is 1. The van der Waals surface area contributed by atoms with Crippen molar-refractivity contribution in [3.63, 3.8) is 0 Å². The van der Waals surface area contributed by atoms with Crippen molar-refractivity contribution in [3.8, 4) is 0 Å². The Morgan fingerprint density at radius 1 is 1.03 bits per heavy atom. The van der Waals surface area contributed by atoms with Gasteiger partial charge in [-0.05, 0) is 54.7 Å². The molecule has 6 nitrogen and oxygen atoms in total. The van der Waals surface area contributed by atoms with Crippen LogP contribution in [0, 0.1) is 5.82 Å². The molecule has 2 saturated heterocycles. The highest BCUT2D eigenvalue weighted by atomic mass is 19.1. The van der Waals surface area contributed by atoms with Gasteiger partial charge in [0, 0.05) is 18.7 Å². The molecule has 0 aliphatic carbocycles. The molecule has 0 radical (unpaired) electrons. The fourth-order valence-electron chi connectivity index (χ4n) is 4.18. The SMILES string of the molecule is CCC1(c2ccc(F)cc2)NC(=O)N(Cc2ccc(C(=O)N3CCCC3)cc2)C1=O. The number of hydrogen-bond donors (Lipinski definition) is 1. The molecule has 156 valence electrons. The predicted molar refractivity (Wildman–Crippen MR) is 109 cm³/mol. The third kappa shape index (κ3) is 3.44. The summed E-state index contributed by atoms with van der Waals surface area (Å²) >= 11 is 0. The molecule has 4 rings (SSSR count). The molecule has 2 fully saturated rings. The van der Waals surface area contributed by atoms with E-state index in [9.17, 15) is 18.8 Å². The third-order valence-corrected chi connectivity index (χ3v) is 5.98. The van der Waals surface area contributed by atoms with Crippen LogP contribution in [0.25, 0.3) is 0 Å². The molecule has 2 aliphatic rings. The summed E-state index contributed by atoms with van der Waals surface area (Å²) in [6, 6.07) is 12.2. The number of hydrogen-bond acceptors (Lipinski definition) is 3. The molecule has 0 spiro atoms. The van der Waals surface area contributed by atoms with Crippen molar-refractivity contribution >= 4 is 17.8 Å². The normalized spacial score (nSPS) is 21.3. The number of carbonyl (C=O) groups is 3. The zero-order valence-electron chi connectivity index (χ0n) is 16.9. The molecule has 1 atom stereocenters. The van der Waals surface area contributed by atoms with Gasteiger partial charge in [0.25, 0.3) is 11.8 Å². The van der Waals surface area contributed by atoms with Crippen LogP contribution in [0.1, 0.15) is 47.7 Å². The van der Waals surface area contributed by atoms with Gasteiger partial charge in [0.1, 0.15) is 11.4 Å². The van der Waals surface area contributed by atoms with Crippen LogP contribution in [0.3, 0.4) is 0 Å². The molecule has 0 aromatic heterocycles. The zero-order valence-corrected chi connectivity index (χ0v) is 16.9. The van der Waals surface area contributed by atoms with E-state index in [1.807, 2.05) is 11.8 Å². The summed E-state index contributed by atoms with van der Waals surface area (Å²) in [6.45, 7) is 3.48. The molecule has 7 heteroatoms. The Morgan fingerprint density at radius 3 is 2.27 bits per heavy atom. The summed E-state index contributed by atoms with van der Waals surface area (Å²) < 4.78 is 13.3. The van der Waals surface area contributed by atoms with Crippen LogP contribution in [0.4, 0.5) is 9.18 Å². The van der Waals surface area contributed by atoms with Gasteiger partial charge in [-0.25, -0.2) is 9.18 Å². The van der Waals surface area contributed by atoms with Gasteiger partial charge in [-0.15, -0.1) is 0 Å². The van der Waals surface area contributed by atoms with Gasteiger partial charge in [0.15, 0.2) is 0 Å². The number of benzene rings is 2. The fourth-order valence-corrected chi connectivity index (χ4v) is 4.18. The lowest BCUT2D eigenvalue weighted by atomic mass is 9.87. The minimum atomic E-state index is -1.20. The fraction of sp³-hybridized carbons (Fsp3) is 0.348. The molecular weight excluding hydrogens is 385 g/mol. The quantitative estimate of drug-likeness (QED) is 0.770. The molecule has 1 N–H and O–H groups in total. The van der Waals surface area contributed by atoms with E-state index < -0.39 is 17.4 Å². The number of imide groups is 1. The van der Waals surface area contributed by atoms with Gasteiger partial charge in [-0.3, -0.25) is 14.5 Å². The molecule has 1 unspecified atom stereocenters. The molecule has 2 aliphatic heterocycles. The number of rotatable bonds is 5. The first kappa shape index (κ1) is 20.1. The van der Waals surface area contributed by atoms with Crippen molar-refractivity contribution in [2.24, 2.45) is 0 Å². The molecule has 2 aromatic carbocycles. The number of carbonyl (C=O) groups excluding carboxylic acids is 3. The van der Waals surface area contributed by atoms with Crippen molar-refractivity contribution in [2.75, 3.05) is 13.1 Å². The van der Waals surface area contributed by atoms with Crippen molar-refractivity contribution in [3.05, 3.63) is 71.0 Å². The lowest BCUT2D eigenvalue weighted by Crippen LogP contribution is -2.43. The second kappa shape index (κ2) is 7.89. The largest absolute Gasteiger partial charge is 0.339 e. The van der Waals surface area contributed by atoms with Gasteiger partial charge in [0.05, 0.1) is 6.54 Å². The van der Waals surface area contributed by atoms with Crippen molar-refractivity contribution in [1.82, 2.24) is 15.1 Å². The average Bonchev–Trinajstić information content (AvgIpc) is 3.38. The Morgan fingerprint density at radius 2 is 1.67 bits per heavy atom. The molecule has 2 heterocycles. The Hall–Kier alpha value is -3.22. The van der Waals surface area contributed by atoms with Gasteiger partial charge >= 0.3 is 6.03 Å². The second-order valence-electron chi connectivity index (χ2n) is 7.78. The van der Waals surface area contributed by atoms with E-state index in [1.165, 1.54) is 29.2 Å². The summed E-state index contributed by atoms with van der Waals surface area (Å²) in [5, 5.41) is 2.79. The van der Waals surface area contributed by atoms with E-state index in [1.54, 1.807) is 24.3 Å². The van der Waals surface area contributed by atoms with Crippen molar-refractivity contribution in [1.29, 1.82) is 0 Å². The average molecular weight is 409 g/mol. The first-order valence-electron chi connectivity index (χ1n) is 10.2. The van der Waals surface area contributed by atoms with E-state index in [0.717, 1.165) is 31.5 Å². The lowest BCUT2D eigenvalue weighted by molar-refractivity contribution is -0.132. The highest BCUT2D eigenvalue weighted by molar-refractivity contribution is 6.07. The Balaban J connectivity index is 1.52. The van der Waals surface area contributed by atoms with Crippen molar-refractivity contribution in [2.45, 2.75) is 38.3 Å². The first-order valence-corrected chi connectivity index (χ1v) is 10.2. The molecule has 2 aromatic rings. The van der Waals surface area contributed by atoms with E-state index in [0.29, 0.717) is 17.5 Å². The molecule has 4 amide bonds. The summed E-state index contributed by atoms with van der Waals surface area (Å²) in [7, 11) is 0. The number of urea groups is 1. The van der Waals surface area contributed by atoms with Gasteiger partial charge in [-0.2, -0.15) is 0 Å². The maximum Gasteiger partial charge on any atom is 0.325 e. The van der Waals surface area contributed by atoms with Gasteiger partial charge in [0.2, 0.25) is 0 Å². The molecule has 0 saturated carbocycles. The highest BCUT2D eigenvalue weighted by Crippen LogP contribution is 2.33. The molecule has 0 bridgehead atoms. The number of nitrogens with one attached hydrogen (secondary N) is 1. The zero-order chi connectivity index (χ0) is 21.3. The van der Waals surface area contributed by atoms with Crippen LogP contribution < -0.4 is 5.32 Å². The highest BCUT2D eigenvalue weighted by Gasteiger charge is 2.51. The van der Waals surface area contributed by atoms with E-state index >= 15 is 0 Å². The van der Waals surface area contributed by atoms with Crippen LogP contribution in [-0.2, 0) is 16.9 Å². The van der Waals surface area contributed by atoms with Crippen LogP contribution in [0.15, 0.2) is 48.5 Å². The molecule has 30 heavy (non-hydrogen) atoms. The topological polar surface area (TPSA) is 69.7 Å². The second-order valence-corrected chi connectivity index (χ2v) is 7.78. The first-order chi connectivity index (χ1) is 14.4. The van der Waals surface area contributed by atoms with Crippen LogP contribution >= 0.6 is 0 Å². The van der Waals surface area contributed by atoms with Crippen LogP contribution in [0.5, 0.6) is 0 Å². The Kier molecular flexibility index (Phi) is 5.28. The predicted octanol–water partition coefficient (Wildman–Crippen LogP) is 3.42. The van der Waals surface area contributed by atoms with Crippen LogP contribution in [0.2, 0.25) is 0 Å². The maximum atomic E-state index is 13.3. The summed E-state index contributed by atoms with van der Waals surface area (Å²) in [4.78, 5) is 41.3. The molecular formula is C23H24FN3O3. The van der Waals surface area contributed by atoms with E-state index in [2.05, 4.69) is 5.32 Å². The monoisotopic (exact) mass is 409 g/mol. The number of nitrogens with zero attached hydrogens (tertiary/aromatic N) is 2. The van der Waals surface area contributed by atoms with Crippen LogP contribution in [-0.4, -0.2) is 40.7 Å². The lowest BCUT2D eigenvalue weighted by Gasteiger charge is -2.25. The smallest absolute Gasteiger partial charge is 0.325 e. The minimum absolute atomic E-state index is 0.00958. The van der Waals surface area contributed by atoms with Gasteiger partial charge in [-0.1, -0.05) is 31.2 Å². The number of halogens is 1. The third-order valence-electron chi connectivity index (χ3n) is 5.98. The maximum absolute atomic E-state index is 13.3. The Labute approximate surface area is 174 Å². The van der Waals surface area contributed by atoms with E-state index in [4.69, 9.17) is 0 Å². The minimum Gasteiger partial charge on any atom is -0.339 e. The number of amides is 4. The Bertz CT molecular complexity index is 968. The van der Waals surface area contributed by atoms with E-state index in [-0.39, 0.29) is 18.4 Å². The summed E-state index contributed by atoms with van der Waals surface area (Å²) in [5.41, 5.74) is 0.713. The summed E-state index contributed by atoms with van der Waals surface area (Å²) in [5.74, 6) is -0.753. The standard InChI is InChI=1S/C23H24FN3O3/c1-2-23(18-9-11-19(24)12-10-18)21(29)27(22(30)25-23)15-16-5-7-17(8-6-16)20(28)26-13-3-4-14-26/h5-12H,2-4,13-15H2,1H3,(H,25,30).